The van der Waals surface area contributed by atoms with Crippen molar-refractivity contribution in [3.05, 3.63) is 35.4 Å². The highest BCUT2D eigenvalue weighted by molar-refractivity contribution is 7.91. The summed E-state index contributed by atoms with van der Waals surface area (Å²) in [6.07, 6.45) is 0.644. The molecule has 7 heteroatoms. The van der Waals surface area contributed by atoms with Crippen LogP contribution in [-0.2, 0) is 14.6 Å². The molecule has 1 N–H and O–H groups in total. The van der Waals surface area contributed by atoms with Crippen molar-refractivity contribution >= 4 is 21.7 Å². The number of hydrogen-bond acceptors (Lipinski definition) is 4. The number of nitrogens with one attached hydrogen (secondary N) is 1. The van der Waals surface area contributed by atoms with Crippen LogP contribution in [0.2, 0.25) is 0 Å². The van der Waals surface area contributed by atoms with Gasteiger partial charge in [-0.05, 0) is 25.5 Å². The van der Waals surface area contributed by atoms with Crippen LogP contribution < -0.4 is 5.32 Å². The molecular formula is C16H22N2O4S. The van der Waals surface area contributed by atoms with E-state index < -0.39 is 9.84 Å². The first kappa shape index (κ1) is 17.5. The quantitative estimate of drug-likeness (QED) is 0.859. The van der Waals surface area contributed by atoms with Crippen molar-refractivity contribution in [2.24, 2.45) is 0 Å². The zero-order valence-corrected chi connectivity index (χ0v) is 14.2. The standard InChI is InChI=1S/C16H22N2O4S/c1-12-4-3-5-13(10-12)16(20)17-8-6-15(19)18(2)14-7-9-23(21,22)11-14/h3-5,10,14H,6-9,11H2,1-2H3,(H,17,20). The molecule has 23 heavy (non-hydrogen) atoms. The molecule has 0 aliphatic carbocycles. The smallest absolute Gasteiger partial charge is 0.251 e. The van der Waals surface area contributed by atoms with Crippen molar-refractivity contribution in [3.8, 4) is 0 Å². The zero-order valence-electron chi connectivity index (χ0n) is 13.4. The summed E-state index contributed by atoms with van der Waals surface area (Å²) in [6, 6.07) is 6.97. The second-order valence-corrected chi connectivity index (χ2v) is 8.17. The first-order valence-corrected chi connectivity index (χ1v) is 9.41. The maximum Gasteiger partial charge on any atom is 0.251 e. The molecule has 1 saturated heterocycles. The number of hydrogen-bond donors (Lipinski definition) is 1. The third-order valence-electron chi connectivity index (χ3n) is 4.05. The molecule has 2 rings (SSSR count). The Bertz CT molecular complexity index is 700. The molecule has 1 atom stereocenters. The van der Waals surface area contributed by atoms with Crippen molar-refractivity contribution in [2.45, 2.75) is 25.8 Å². The minimum Gasteiger partial charge on any atom is -0.352 e. The molecular weight excluding hydrogens is 316 g/mol. The Morgan fingerprint density at radius 2 is 2.09 bits per heavy atom. The van der Waals surface area contributed by atoms with E-state index in [1.807, 2.05) is 19.1 Å². The van der Waals surface area contributed by atoms with Gasteiger partial charge >= 0.3 is 0 Å². The van der Waals surface area contributed by atoms with Gasteiger partial charge in [-0.2, -0.15) is 0 Å². The van der Waals surface area contributed by atoms with E-state index in [1.165, 1.54) is 4.90 Å². The van der Waals surface area contributed by atoms with E-state index in [0.717, 1.165) is 5.56 Å². The summed E-state index contributed by atoms with van der Waals surface area (Å²) in [6.45, 7) is 2.14. The molecule has 0 bridgehead atoms. The van der Waals surface area contributed by atoms with Gasteiger partial charge in [-0.25, -0.2) is 8.42 Å². The van der Waals surface area contributed by atoms with Crippen LogP contribution >= 0.6 is 0 Å². The van der Waals surface area contributed by atoms with Gasteiger partial charge in [0.05, 0.1) is 11.5 Å². The fourth-order valence-corrected chi connectivity index (χ4v) is 4.41. The van der Waals surface area contributed by atoms with Crippen molar-refractivity contribution in [1.29, 1.82) is 0 Å². The second-order valence-electron chi connectivity index (χ2n) is 5.94. The summed E-state index contributed by atoms with van der Waals surface area (Å²) in [5, 5.41) is 2.71. The fourth-order valence-electron chi connectivity index (χ4n) is 2.63. The van der Waals surface area contributed by atoms with Gasteiger partial charge in [-0.1, -0.05) is 17.7 Å². The molecule has 1 aromatic carbocycles. The van der Waals surface area contributed by atoms with Crippen LogP contribution in [0.4, 0.5) is 0 Å². The van der Waals surface area contributed by atoms with Gasteiger partial charge in [0.1, 0.15) is 0 Å². The molecule has 0 aromatic heterocycles. The minimum absolute atomic E-state index is 0.0326. The molecule has 0 radical (unpaired) electrons. The summed E-state index contributed by atoms with van der Waals surface area (Å²) in [4.78, 5) is 25.6. The largest absolute Gasteiger partial charge is 0.352 e. The molecule has 1 aliphatic rings. The Balaban J connectivity index is 1.79. The molecule has 0 saturated carbocycles. The van der Waals surface area contributed by atoms with Crippen LogP contribution in [0.3, 0.4) is 0 Å². The number of amides is 2. The Labute approximate surface area is 136 Å². The van der Waals surface area contributed by atoms with Crippen molar-refractivity contribution in [2.75, 3.05) is 25.1 Å². The Morgan fingerprint density at radius 1 is 1.35 bits per heavy atom. The molecule has 6 nitrogen and oxygen atoms in total. The van der Waals surface area contributed by atoms with Crippen molar-refractivity contribution in [1.82, 2.24) is 10.2 Å². The molecule has 2 amide bonds. The number of carbonyl (C=O) groups is 2. The third kappa shape index (κ3) is 4.79. The highest BCUT2D eigenvalue weighted by atomic mass is 32.2. The molecule has 0 spiro atoms. The third-order valence-corrected chi connectivity index (χ3v) is 5.80. The van der Waals surface area contributed by atoms with Crippen LogP contribution in [0.1, 0.15) is 28.8 Å². The van der Waals surface area contributed by atoms with Gasteiger partial charge in [0.2, 0.25) is 5.91 Å². The van der Waals surface area contributed by atoms with E-state index in [-0.39, 0.29) is 42.3 Å². The van der Waals surface area contributed by atoms with E-state index in [4.69, 9.17) is 0 Å². The number of rotatable bonds is 5. The average Bonchev–Trinajstić information content (AvgIpc) is 2.86. The van der Waals surface area contributed by atoms with Gasteiger partial charge in [-0.15, -0.1) is 0 Å². The van der Waals surface area contributed by atoms with E-state index in [9.17, 15) is 18.0 Å². The Morgan fingerprint density at radius 3 is 2.70 bits per heavy atom. The summed E-state index contributed by atoms with van der Waals surface area (Å²) >= 11 is 0. The topological polar surface area (TPSA) is 83.6 Å². The van der Waals surface area contributed by atoms with Crippen LogP contribution in [0.25, 0.3) is 0 Å². The lowest BCUT2D eigenvalue weighted by Crippen LogP contribution is -2.39. The molecule has 1 aliphatic heterocycles. The SMILES string of the molecule is Cc1cccc(C(=O)NCCC(=O)N(C)C2CCS(=O)(=O)C2)c1. The normalized spacial score (nSPS) is 19.3. The maximum atomic E-state index is 12.1. The minimum atomic E-state index is -3.01. The lowest BCUT2D eigenvalue weighted by Gasteiger charge is -2.23. The first-order valence-electron chi connectivity index (χ1n) is 7.59. The predicted octanol–water partition coefficient (Wildman–Crippen LogP) is 0.760. The number of nitrogens with zero attached hydrogens (tertiary/aromatic N) is 1. The summed E-state index contributed by atoms with van der Waals surface area (Å²) < 4.78 is 22.9. The fraction of sp³-hybridized carbons (Fsp3) is 0.500. The molecule has 1 heterocycles. The van der Waals surface area contributed by atoms with E-state index in [2.05, 4.69) is 5.32 Å². The predicted molar refractivity (Wildman–Crippen MR) is 88.0 cm³/mol. The zero-order chi connectivity index (χ0) is 17.0. The highest BCUT2D eigenvalue weighted by Gasteiger charge is 2.32. The number of sulfone groups is 1. The summed E-state index contributed by atoms with van der Waals surface area (Å²) in [7, 11) is -1.39. The summed E-state index contributed by atoms with van der Waals surface area (Å²) in [5.74, 6) is -0.200. The maximum absolute atomic E-state index is 12.1. The van der Waals surface area contributed by atoms with E-state index in [1.54, 1.807) is 19.2 Å². The van der Waals surface area contributed by atoms with Crippen LogP contribution in [0.5, 0.6) is 0 Å². The number of carbonyl (C=O) groups excluding carboxylic acids is 2. The molecule has 126 valence electrons. The summed E-state index contributed by atoms with van der Waals surface area (Å²) in [5.41, 5.74) is 1.56. The van der Waals surface area contributed by atoms with Gasteiger partial charge in [0.25, 0.3) is 5.91 Å². The average molecular weight is 338 g/mol. The highest BCUT2D eigenvalue weighted by Crippen LogP contribution is 2.17. The molecule has 1 aromatic rings. The lowest BCUT2D eigenvalue weighted by atomic mass is 10.1. The van der Waals surface area contributed by atoms with Crippen molar-refractivity contribution in [3.63, 3.8) is 0 Å². The van der Waals surface area contributed by atoms with Crippen molar-refractivity contribution < 1.29 is 18.0 Å². The second kappa shape index (κ2) is 7.12. The monoisotopic (exact) mass is 338 g/mol. The van der Waals surface area contributed by atoms with Crippen LogP contribution in [0, 0.1) is 6.92 Å². The van der Waals surface area contributed by atoms with Crippen LogP contribution in [-0.4, -0.2) is 56.3 Å². The van der Waals surface area contributed by atoms with E-state index >= 15 is 0 Å². The van der Waals surface area contributed by atoms with Gasteiger partial charge in [-0.3, -0.25) is 9.59 Å². The van der Waals surface area contributed by atoms with Gasteiger partial charge in [0, 0.05) is 31.6 Å². The number of aryl methyl sites for hydroxylation is 1. The Kier molecular flexibility index (Phi) is 5.41. The van der Waals surface area contributed by atoms with E-state index in [0.29, 0.717) is 12.0 Å². The van der Waals surface area contributed by atoms with Gasteiger partial charge < -0.3 is 10.2 Å². The van der Waals surface area contributed by atoms with Gasteiger partial charge in [0.15, 0.2) is 9.84 Å². The Hall–Kier alpha value is -1.89. The van der Waals surface area contributed by atoms with Crippen LogP contribution in [0.15, 0.2) is 24.3 Å². The molecule has 1 fully saturated rings. The first-order chi connectivity index (χ1) is 10.8. The lowest BCUT2D eigenvalue weighted by molar-refractivity contribution is -0.131. The molecule has 1 unspecified atom stereocenters. The number of benzene rings is 1.